The lowest BCUT2D eigenvalue weighted by molar-refractivity contribution is 0.390. The van der Waals surface area contributed by atoms with Gasteiger partial charge in [0.25, 0.3) is 0 Å². The maximum atomic E-state index is 11.7. The van der Waals surface area contributed by atoms with E-state index in [2.05, 4.69) is 32.5 Å². The summed E-state index contributed by atoms with van der Waals surface area (Å²) in [4.78, 5) is 0.155. The van der Waals surface area contributed by atoms with Crippen LogP contribution in [0.2, 0.25) is 0 Å². The fraction of sp³-hybridized carbons (Fsp3) is 0.571. The molecule has 0 saturated heterocycles. The van der Waals surface area contributed by atoms with Crippen LogP contribution in [0.3, 0.4) is 0 Å². The Morgan fingerprint density at radius 3 is 2.57 bits per heavy atom. The molecule has 1 N–H and O–H groups in total. The molecule has 0 saturated carbocycles. The van der Waals surface area contributed by atoms with Crippen molar-refractivity contribution in [3.8, 4) is 0 Å². The Morgan fingerprint density at radius 1 is 1.50 bits per heavy atom. The molecular formula is C7H11IN2O3S. The van der Waals surface area contributed by atoms with Crippen molar-refractivity contribution in [1.82, 2.24) is 9.88 Å². The first-order valence-electron chi connectivity index (χ1n) is 3.97. The number of aryl methyl sites for hydroxylation is 2. The molecule has 0 amide bonds. The zero-order valence-corrected chi connectivity index (χ0v) is 10.8. The minimum atomic E-state index is -3.45. The maximum absolute atomic E-state index is 11.7. The van der Waals surface area contributed by atoms with E-state index in [9.17, 15) is 8.42 Å². The van der Waals surface area contributed by atoms with Crippen molar-refractivity contribution >= 4 is 32.6 Å². The standard InChI is InChI=1S/C7H11IN2O3S/c1-5-7(6(2)13-10-5)14(11,12)9-4-3-8/h9H,3-4H2,1-2H3. The third-order valence-corrected chi connectivity index (χ3v) is 3.87. The smallest absolute Gasteiger partial charge is 0.245 e. The zero-order chi connectivity index (χ0) is 10.8. The molecule has 5 nitrogen and oxygen atoms in total. The lowest BCUT2D eigenvalue weighted by Gasteiger charge is -2.03. The van der Waals surface area contributed by atoms with E-state index < -0.39 is 10.0 Å². The summed E-state index contributed by atoms with van der Waals surface area (Å²) in [5, 5.41) is 3.59. The average Bonchev–Trinajstić information content (AvgIpc) is 2.43. The normalized spacial score (nSPS) is 11.9. The summed E-state index contributed by atoms with van der Waals surface area (Å²) in [5.41, 5.74) is 0.392. The minimum absolute atomic E-state index is 0.155. The second kappa shape index (κ2) is 4.58. The Labute approximate surface area is 96.4 Å². The van der Waals surface area contributed by atoms with Crippen molar-refractivity contribution in [3.63, 3.8) is 0 Å². The van der Waals surface area contributed by atoms with Crippen molar-refractivity contribution < 1.29 is 12.9 Å². The van der Waals surface area contributed by atoms with Gasteiger partial charge >= 0.3 is 0 Å². The fourth-order valence-electron chi connectivity index (χ4n) is 1.10. The van der Waals surface area contributed by atoms with E-state index >= 15 is 0 Å². The van der Waals surface area contributed by atoms with E-state index in [4.69, 9.17) is 4.52 Å². The Morgan fingerprint density at radius 2 is 2.14 bits per heavy atom. The van der Waals surface area contributed by atoms with Crippen LogP contribution in [0.25, 0.3) is 0 Å². The van der Waals surface area contributed by atoms with Crippen LogP contribution in [-0.4, -0.2) is 24.5 Å². The van der Waals surface area contributed by atoms with Crippen LogP contribution < -0.4 is 4.72 Å². The first-order valence-corrected chi connectivity index (χ1v) is 6.98. The highest BCUT2D eigenvalue weighted by Gasteiger charge is 2.23. The minimum Gasteiger partial charge on any atom is -0.360 e. The van der Waals surface area contributed by atoms with Gasteiger partial charge in [0.1, 0.15) is 10.6 Å². The number of halogens is 1. The molecule has 0 fully saturated rings. The van der Waals surface area contributed by atoms with Gasteiger partial charge in [-0.05, 0) is 13.8 Å². The number of nitrogens with zero attached hydrogens (tertiary/aromatic N) is 1. The molecule has 0 aromatic carbocycles. The summed E-state index contributed by atoms with van der Waals surface area (Å²) in [5.74, 6) is 0.323. The third kappa shape index (κ3) is 2.45. The molecule has 14 heavy (non-hydrogen) atoms. The van der Waals surface area contributed by atoms with Crippen molar-refractivity contribution in [2.24, 2.45) is 0 Å². The van der Waals surface area contributed by atoms with Gasteiger partial charge in [0, 0.05) is 11.0 Å². The molecular weight excluding hydrogens is 319 g/mol. The number of aromatic nitrogens is 1. The summed E-state index contributed by atoms with van der Waals surface area (Å²) >= 11 is 2.10. The first-order chi connectivity index (χ1) is 6.49. The van der Waals surface area contributed by atoms with Gasteiger partial charge in [0.15, 0.2) is 5.76 Å². The summed E-state index contributed by atoms with van der Waals surface area (Å²) in [6, 6.07) is 0. The van der Waals surface area contributed by atoms with Crippen molar-refractivity contribution in [3.05, 3.63) is 11.5 Å². The Kier molecular flexibility index (Phi) is 3.90. The summed E-state index contributed by atoms with van der Waals surface area (Å²) in [7, 11) is -3.45. The molecule has 0 aliphatic carbocycles. The second-order valence-corrected chi connectivity index (χ2v) is 5.52. The Bertz CT molecular complexity index is 393. The van der Waals surface area contributed by atoms with Crippen molar-refractivity contribution in [2.45, 2.75) is 18.7 Å². The van der Waals surface area contributed by atoms with Gasteiger partial charge in [-0.2, -0.15) is 0 Å². The fourth-order valence-corrected chi connectivity index (χ4v) is 3.10. The summed E-state index contributed by atoms with van der Waals surface area (Å²) in [6.45, 7) is 3.60. The van der Waals surface area contributed by atoms with Gasteiger partial charge in [-0.1, -0.05) is 27.7 Å². The van der Waals surface area contributed by atoms with Gasteiger partial charge < -0.3 is 4.52 Å². The molecule has 1 aromatic rings. The van der Waals surface area contributed by atoms with Crippen LogP contribution in [-0.2, 0) is 10.0 Å². The van der Waals surface area contributed by atoms with Gasteiger partial charge in [0.05, 0.1) is 0 Å². The van der Waals surface area contributed by atoms with E-state index in [0.29, 0.717) is 18.0 Å². The molecule has 0 spiro atoms. The predicted octanol–water partition coefficient (Wildman–Crippen LogP) is 1.00. The molecule has 7 heteroatoms. The molecule has 80 valence electrons. The largest absolute Gasteiger partial charge is 0.360 e. The first kappa shape index (κ1) is 11.9. The number of nitrogens with one attached hydrogen (secondary N) is 1. The van der Waals surface area contributed by atoms with Crippen molar-refractivity contribution in [1.29, 1.82) is 0 Å². The van der Waals surface area contributed by atoms with Gasteiger partial charge in [-0.25, -0.2) is 13.1 Å². The van der Waals surface area contributed by atoms with Crippen molar-refractivity contribution in [2.75, 3.05) is 11.0 Å². The van der Waals surface area contributed by atoms with Crippen LogP contribution in [0.1, 0.15) is 11.5 Å². The third-order valence-electron chi connectivity index (χ3n) is 1.62. The Hall–Kier alpha value is -0.150. The van der Waals surface area contributed by atoms with E-state index in [0.717, 1.165) is 4.43 Å². The molecule has 0 unspecified atom stereocenters. The monoisotopic (exact) mass is 330 g/mol. The molecule has 1 heterocycles. The van der Waals surface area contributed by atoms with Gasteiger partial charge in [-0.15, -0.1) is 0 Å². The molecule has 1 rings (SSSR count). The molecule has 0 radical (unpaired) electrons. The van der Waals surface area contributed by atoms with Crippen LogP contribution in [0.4, 0.5) is 0 Å². The van der Waals surface area contributed by atoms with Crippen LogP contribution >= 0.6 is 22.6 Å². The van der Waals surface area contributed by atoms with Crippen LogP contribution in [0.15, 0.2) is 9.42 Å². The molecule has 0 aliphatic rings. The Balaban J connectivity index is 3.04. The molecule has 1 aromatic heterocycles. The van der Waals surface area contributed by atoms with E-state index in [1.807, 2.05) is 0 Å². The highest BCUT2D eigenvalue weighted by Crippen LogP contribution is 2.18. The van der Waals surface area contributed by atoms with Gasteiger partial charge in [0.2, 0.25) is 10.0 Å². The molecule has 0 aliphatic heterocycles. The second-order valence-electron chi connectivity index (χ2n) is 2.74. The van der Waals surface area contributed by atoms with Gasteiger partial charge in [-0.3, -0.25) is 0 Å². The van der Waals surface area contributed by atoms with Crippen LogP contribution in [0.5, 0.6) is 0 Å². The molecule has 0 bridgehead atoms. The molecule has 0 atom stereocenters. The SMILES string of the molecule is Cc1noc(C)c1S(=O)(=O)NCCI. The van der Waals surface area contributed by atoms with E-state index in [1.54, 1.807) is 13.8 Å². The lowest BCUT2D eigenvalue weighted by atomic mass is 10.4. The van der Waals surface area contributed by atoms with Crippen LogP contribution in [0, 0.1) is 13.8 Å². The van der Waals surface area contributed by atoms with E-state index in [-0.39, 0.29) is 4.90 Å². The number of sulfonamides is 1. The maximum Gasteiger partial charge on any atom is 0.245 e. The average molecular weight is 330 g/mol. The lowest BCUT2D eigenvalue weighted by Crippen LogP contribution is -2.26. The highest BCUT2D eigenvalue weighted by molar-refractivity contribution is 14.1. The predicted molar refractivity (Wildman–Crippen MR) is 60.1 cm³/mol. The number of hydrogen-bond acceptors (Lipinski definition) is 4. The van der Waals surface area contributed by atoms with E-state index in [1.165, 1.54) is 0 Å². The summed E-state index contributed by atoms with van der Waals surface area (Å²) < 4.78 is 31.3. The highest BCUT2D eigenvalue weighted by atomic mass is 127. The number of alkyl halides is 1. The zero-order valence-electron chi connectivity index (χ0n) is 7.87. The number of rotatable bonds is 4. The topological polar surface area (TPSA) is 72.2 Å². The quantitative estimate of drug-likeness (QED) is 0.661. The summed E-state index contributed by atoms with van der Waals surface area (Å²) in [6.07, 6.45) is 0. The number of hydrogen-bond donors (Lipinski definition) is 1.